The Bertz CT molecular complexity index is 776. The number of halogens is 1. The number of aryl methyl sites for hydroxylation is 1. The van der Waals surface area contributed by atoms with Gasteiger partial charge >= 0.3 is 0 Å². The molecule has 0 aliphatic rings. The third-order valence-corrected chi connectivity index (χ3v) is 4.74. The summed E-state index contributed by atoms with van der Waals surface area (Å²) in [6, 6.07) is 9.98. The summed E-state index contributed by atoms with van der Waals surface area (Å²) >= 11 is 6.12. The van der Waals surface area contributed by atoms with Gasteiger partial charge in [0.05, 0.1) is 27.0 Å². The van der Waals surface area contributed by atoms with Gasteiger partial charge in [-0.2, -0.15) is 0 Å². The van der Waals surface area contributed by atoms with Gasteiger partial charge < -0.3 is 11.1 Å². The molecule has 2 aromatic rings. The molecular weight excluding hydrogens is 310 g/mol. The predicted molar refractivity (Wildman–Crippen MR) is 86.6 cm³/mol. The number of benzene rings is 2. The van der Waals surface area contributed by atoms with Crippen molar-refractivity contribution >= 4 is 38.7 Å². The molecule has 0 amide bonds. The van der Waals surface area contributed by atoms with Crippen molar-refractivity contribution in [1.82, 2.24) is 4.72 Å². The summed E-state index contributed by atoms with van der Waals surface area (Å²) in [6.07, 6.45) is 0. The Kier molecular flexibility index (Phi) is 4.41. The first-order chi connectivity index (χ1) is 9.83. The number of sulfonamides is 1. The molecule has 0 heterocycles. The summed E-state index contributed by atoms with van der Waals surface area (Å²) in [4.78, 5) is 0.130. The highest BCUT2D eigenvalue weighted by atomic mass is 35.5. The van der Waals surface area contributed by atoms with Crippen molar-refractivity contribution < 1.29 is 8.42 Å². The fraction of sp³-hybridized carbons (Fsp3) is 0.143. The second-order valence-corrected chi connectivity index (χ2v) is 6.86. The summed E-state index contributed by atoms with van der Waals surface area (Å²) in [5, 5.41) is 3.60. The van der Waals surface area contributed by atoms with Crippen LogP contribution in [0.3, 0.4) is 0 Å². The zero-order chi connectivity index (χ0) is 15.6. The van der Waals surface area contributed by atoms with E-state index < -0.39 is 10.0 Å². The lowest BCUT2D eigenvalue weighted by atomic mass is 10.2. The van der Waals surface area contributed by atoms with E-state index in [9.17, 15) is 8.42 Å². The van der Waals surface area contributed by atoms with E-state index in [1.54, 1.807) is 6.07 Å². The number of nitrogen functional groups attached to an aromatic ring is 1. The first-order valence-electron chi connectivity index (χ1n) is 6.20. The van der Waals surface area contributed by atoms with Crippen molar-refractivity contribution in [3.05, 3.63) is 47.0 Å². The van der Waals surface area contributed by atoms with Gasteiger partial charge in [-0.25, -0.2) is 13.1 Å². The number of rotatable bonds is 4. The summed E-state index contributed by atoms with van der Waals surface area (Å²) in [6.45, 7) is 1.94. The molecule has 0 saturated heterocycles. The van der Waals surface area contributed by atoms with Crippen LogP contribution in [0.5, 0.6) is 0 Å². The summed E-state index contributed by atoms with van der Waals surface area (Å²) in [7, 11) is -2.17. The van der Waals surface area contributed by atoms with E-state index in [0.717, 1.165) is 5.56 Å². The second-order valence-electron chi connectivity index (χ2n) is 4.56. The van der Waals surface area contributed by atoms with Crippen LogP contribution in [0.25, 0.3) is 0 Å². The first kappa shape index (κ1) is 15.6. The Morgan fingerprint density at radius 3 is 2.48 bits per heavy atom. The van der Waals surface area contributed by atoms with Crippen LogP contribution in [0.4, 0.5) is 17.1 Å². The van der Waals surface area contributed by atoms with Gasteiger partial charge in [0.2, 0.25) is 10.0 Å². The van der Waals surface area contributed by atoms with Crippen LogP contribution in [0, 0.1) is 6.92 Å². The van der Waals surface area contributed by atoms with E-state index in [1.165, 1.54) is 25.2 Å². The van der Waals surface area contributed by atoms with Crippen molar-refractivity contribution in [2.45, 2.75) is 11.8 Å². The van der Waals surface area contributed by atoms with E-state index in [-0.39, 0.29) is 4.90 Å². The Morgan fingerprint density at radius 2 is 1.81 bits per heavy atom. The minimum Gasteiger partial charge on any atom is -0.397 e. The van der Waals surface area contributed by atoms with Gasteiger partial charge in [-0.05, 0) is 49.9 Å². The van der Waals surface area contributed by atoms with E-state index in [4.69, 9.17) is 17.3 Å². The molecule has 0 bridgehead atoms. The topological polar surface area (TPSA) is 84.2 Å². The molecule has 0 radical (unpaired) electrons. The maximum Gasteiger partial charge on any atom is 0.240 e. The smallest absolute Gasteiger partial charge is 0.240 e. The molecule has 2 aromatic carbocycles. The highest BCUT2D eigenvalue weighted by Crippen LogP contribution is 2.30. The number of hydrogen-bond acceptors (Lipinski definition) is 4. The van der Waals surface area contributed by atoms with Crippen molar-refractivity contribution in [3.63, 3.8) is 0 Å². The van der Waals surface area contributed by atoms with Crippen LogP contribution in [-0.4, -0.2) is 15.5 Å². The monoisotopic (exact) mass is 325 g/mol. The molecule has 7 heteroatoms. The lowest BCUT2D eigenvalue weighted by molar-refractivity contribution is 0.588. The van der Waals surface area contributed by atoms with Gasteiger partial charge in [0.1, 0.15) is 0 Å². The quantitative estimate of drug-likeness (QED) is 0.755. The van der Waals surface area contributed by atoms with E-state index in [2.05, 4.69) is 10.0 Å². The number of anilines is 3. The van der Waals surface area contributed by atoms with Gasteiger partial charge in [0.15, 0.2) is 0 Å². The van der Waals surface area contributed by atoms with Gasteiger partial charge in [-0.1, -0.05) is 17.7 Å². The van der Waals surface area contributed by atoms with Crippen LogP contribution in [0.15, 0.2) is 41.3 Å². The number of nitrogens with one attached hydrogen (secondary N) is 2. The van der Waals surface area contributed by atoms with E-state index in [0.29, 0.717) is 22.1 Å². The molecule has 0 fully saturated rings. The SMILES string of the molecule is CNS(=O)(=O)c1ccc(N)c(Nc2cc(C)ccc2Cl)c1. The lowest BCUT2D eigenvalue weighted by Gasteiger charge is -2.13. The van der Waals surface area contributed by atoms with Crippen LogP contribution in [0.1, 0.15) is 5.56 Å². The molecule has 0 aliphatic carbocycles. The predicted octanol–water partition coefficient (Wildman–Crippen LogP) is 2.88. The van der Waals surface area contributed by atoms with Gasteiger partial charge in [0, 0.05) is 0 Å². The fourth-order valence-corrected chi connectivity index (χ4v) is 2.73. The third kappa shape index (κ3) is 3.47. The van der Waals surface area contributed by atoms with Crippen LogP contribution < -0.4 is 15.8 Å². The Morgan fingerprint density at radius 1 is 1.10 bits per heavy atom. The molecule has 0 atom stereocenters. The summed E-state index contributed by atoms with van der Waals surface area (Å²) in [5.41, 5.74) is 8.50. The Hall–Kier alpha value is -1.76. The third-order valence-electron chi connectivity index (χ3n) is 2.99. The Labute approximate surface area is 129 Å². The lowest BCUT2D eigenvalue weighted by Crippen LogP contribution is -2.18. The van der Waals surface area contributed by atoms with E-state index >= 15 is 0 Å². The fourth-order valence-electron chi connectivity index (χ4n) is 1.81. The summed E-state index contributed by atoms with van der Waals surface area (Å²) < 4.78 is 25.9. The van der Waals surface area contributed by atoms with Crippen molar-refractivity contribution in [2.24, 2.45) is 0 Å². The van der Waals surface area contributed by atoms with Crippen LogP contribution >= 0.6 is 11.6 Å². The highest BCUT2D eigenvalue weighted by molar-refractivity contribution is 7.89. The van der Waals surface area contributed by atoms with Gasteiger partial charge in [-0.3, -0.25) is 0 Å². The normalized spacial score (nSPS) is 11.4. The molecule has 0 saturated carbocycles. The molecule has 0 spiro atoms. The molecule has 112 valence electrons. The molecule has 0 aliphatic heterocycles. The molecule has 4 N–H and O–H groups in total. The molecule has 2 rings (SSSR count). The average molecular weight is 326 g/mol. The average Bonchev–Trinajstić information content (AvgIpc) is 2.45. The maximum absolute atomic E-state index is 11.8. The van der Waals surface area contributed by atoms with E-state index in [1.807, 2.05) is 19.1 Å². The zero-order valence-corrected chi connectivity index (χ0v) is 13.2. The van der Waals surface area contributed by atoms with Gasteiger partial charge in [0.25, 0.3) is 0 Å². The minimum absolute atomic E-state index is 0.130. The molecule has 21 heavy (non-hydrogen) atoms. The Balaban J connectivity index is 2.45. The standard InChI is InChI=1S/C14H16ClN3O2S/c1-9-3-5-11(15)13(7-9)18-14-8-10(4-6-12(14)16)21(19,20)17-2/h3-8,17-18H,16H2,1-2H3. The molecule has 5 nitrogen and oxygen atoms in total. The molecule has 0 unspecified atom stereocenters. The van der Waals surface area contributed by atoms with Crippen molar-refractivity contribution in [3.8, 4) is 0 Å². The largest absolute Gasteiger partial charge is 0.397 e. The zero-order valence-electron chi connectivity index (χ0n) is 11.6. The van der Waals surface area contributed by atoms with Crippen molar-refractivity contribution in [1.29, 1.82) is 0 Å². The molecular formula is C14H16ClN3O2S. The minimum atomic E-state index is -3.53. The summed E-state index contributed by atoms with van der Waals surface area (Å²) in [5.74, 6) is 0. The maximum atomic E-state index is 11.8. The number of nitrogens with two attached hydrogens (primary N) is 1. The highest BCUT2D eigenvalue weighted by Gasteiger charge is 2.13. The number of hydrogen-bond donors (Lipinski definition) is 3. The molecule has 0 aromatic heterocycles. The van der Waals surface area contributed by atoms with Crippen molar-refractivity contribution in [2.75, 3.05) is 18.1 Å². The van der Waals surface area contributed by atoms with Gasteiger partial charge in [-0.15, -0.1) is 0 Å². The second kappa shape index (κ2) is 5.93. The van der Waals surface area contributed by atoms with Crippen LogP contribution in [-0.2, 0) is 10.0 Å². The van der Waals surface area contributed by atoms with Crippen LogP contribution in [0.2, 0.25) is 5.02 Å². The first-order valence-corrected chi connectivity index (χ1v) is 8.06.